The number of benzene rings is 6. The van der Waals surface area contributed by atoms with Crippen LogP contribution >= 0.6 is 0 Å². The zero-order chi connectivity index (χ0) is 30.1. The minimum atomic E-state index is -0.122. The van der Waals surface area contributed by atoms with Crippen molar-refractivity contribution in [2.45, 2.75) is 38.5 Å². The van der Waals surface area contributed by atoms with Gasteiger partial charge in [0, 0.05) is 37.0 Å². The van der Waals surface area contributed by atoms with Gasteiger partial charge in [-0.25, -0.2) is 0 Å². The molecule has 0 aliphatic carbocycles. The van der Waals surface area contributed by atoms with Crippen molar-refractivity contribution in [1.82, 2.24) is 0 Å². The summed E-state index contributed by atoms with van der Waals surface area (Å²) in [5, 5.41) is 42.2. The first-order chi connectivity index (χ1) is 20.0. The standard InChI is InChI=1S/2C19H18O2.Zr/c2*1-19(2,15-6-4-3-5-7-15)16-9-8-13-11-17(20)18(21)12-14(13)10-16;/h2*3-12,20-21H,1-2H3;. The van der Waals surface area contributed by atoms with E-state index >= 15 is 0 Å². The normalized spacial score (nSPS) is 11.4. The van der Waals surface area contributed by atoms with E-state index in [0.29, 0.717) is 0 Å². The average molecular weight is 648 g/mol. The SMILES string of the molecule is CC(C)(c1ccccc1)c1ccc2cc(O)c(O)cc2c1.CC(C)(c1ccccc1)c1ccc2cc(O)c(O)cc2c1.[Zr]. The third-order valence-electron chi connectivity index (χ3n) is 8.30. The Labute approximate surface area is 272 Å². The molecule has 6 aromatic carbocycles. The molecule has 6 aromatic rings. The molecule has 0 fully saturated rings. The van der Waals surface area contributed by atoms with Crippen LogP contribution in [0.4, 0.5) is 0 Å². The van der Waals surface area contributed by atoms with Crippen LogP contribution in [-0.4, -0.2) is 20.4 Å². The summed E-state index contributed by atoms with van der Waals surface area (Å²) in [7, 11) is 0. The van der Waals surface area contributed by atoms with E-state index in [4.69, 9.17) is 0 Å². The minimum absolute atomic E-state index is 0. The second-order valence-corrected chi connectivity index (χ2v) is 11.8. The van der Waals surface area contributed by atoms with Gasteiger partial charge in [-0.1, -0.05) is 125 Å². The Hall–Kier alpha value is -4.08. The monoisotopic (exact) mass is 646 g/mol. The fourth-order valence-electron chi connectivity index (χ4n) is 5.37. The summed E-state index contributed by atoms with van der Waals surface area (Å²) in [6, 6.07) is 39.3. The van der Waals surface area contributed by atoms with E-state index in [0.717, 1.165) is 21.5 Å². The second kappa shape index (κ2) is 12.7. The van der Waals surface area contributed by atoms with Gasteiger partial charge < -0.3 is 20.4 Å². The maximum absolute atomic E-state index is 9.68. The first kappa shape index (κ1) is 31.8. The van der Waals surface area contributed by atoms with Crippen molar-refractivity contribution < 1.29 is 46.6 Å². The molecule has 0 saturated heterocycles. The van der Waals surface area contributed by atoms with E-state index in [1.54, 1.807) is 24.3 Å². The van der Waals surface area contributed by atoms with Crippen molar-refractivity contribution in [2.24, 2.45) is 0 Å². The number of phenols is 4. The van der Waals surface area contributed by atoms with Gasteiger partial charge in [0.15, 0.2) is 23.0 Å². The molecule has 0 atom stereocenters. The quantitative estimate of drug-likeness (QED) is 0.144. The largest absolute Gasteiger partial charge is 0.504 e. The number of hydrogen-bond acceptors (Lipinski definition) is 4. The molecule has 0 bridgehead atoms. The topological polar surface area (TPSA) is 80.9 Å². The zero-order valence-electron chi connectivity index (χ0n) is 24.8. The van der Waals surface area contributed by atoms with Gasteiger partial charge in [-0.15, -0.1) is 0 Å². The van der Waals surface area contributed by atoms with Crippen LogP contribution in [0.1, 0.15) is 49.9 Å². The van der Waals surface area contributed by atoms with Gasteiger partial charge >= 0.3 is 0 Å². The van der Waals surface area contributed by atoms with Crippen LogP contribution in [0.3, 0.4) is 0 Å². The van der Waals surface area contributed by atoms with E-state index in [-0.39, 0.29) is 60.0 Å². The number of aromatic hydroxyl groups is 4. The van der Waals surface area contributed by atoms with Crippen LogP contribution in [-0.2, 0) is 37.0 Å². The predicted octanol–water partition coefficient (Wildman–Crippen LogP) is 9.15. The molecule has 0 unspecified atom stereocenters. The van der Waals surface area contributed by atoms with Crippen LogP contribution in [0.2, 0.25) is 0 Å². The van der Waals surface area contributed by atoms with Gasteiger partial charge in [-0.05, 0) is 68.1 Å². The molecule has 0 aliphatic heterocycles. The van der Waals surface area contributed by atoms with Crippen LogP contribution in [0.5, 0.6) is 23.0 Å². The molecule has 4 nitrogen and oxygen atoms in total. The summed E-state index contributed by atoms with van der Waals surface area (Å²) in [6.07, 6.45) is 0. The third kappa shape index (κ3) is 6.63. The molecule has 4 N–H and O–H groups in total. The van der Waals surface area contributed by atoms with Gasteiger partial charge in [0.1, 0.15) is 0 Å². The summed E-state index contributed by atoms with van der Waals surface area (Å²) < 4.78 is 0. The van der Waals surface area contributed by atoms with Gasteiger partial charge in [0.2, 0.25) is 0 Å². The van der Waals surface area contributed by atoms with Gasteiger partial charge in [0.05, 0.1) is 0 Å². The van der Waals surface area contributed by atoms with E-state index in [1.165, 1.54) is 22.3 Å². The van der Waals surface area contributed by atoms with Crippen molar-refractivity contribution in [2.75, 3.05) is 0 Å². The summed E-state index contributed by atoms with van der Waals surface area (Å²) in [5.74, 6) is -0.343. The summed E-state index contributed by atoms with van der Waals surface area (Å²) >= 11 is 0. The molecule has 0 aliphatic rings. The van der Waals surface area contributed by atoms with E-state index in [2.05, 4.69) is 76.2 Å². The zero-order valence-corrected chi connectivity index (χ0v) is 27.3. The number of rotatable bonds is 4. The first-order valence-corrected chi connectivity index (χ1v) is 14.0. The summed E-state index contributed by atoms with van der Waals surface area (Å²) in [4.78, 5) is 0. The molecular formula is C38H36O4Zr. The number of hydrogen-bond donors (Lipinski definition) is 4. The molecule has 0 radical (unpaired) electrons. The molecule has 0 heterocycles. The molecule has 5 heteroatoms. The third-order valence-corrected chi connectivity index (χ3v) is 8.30. The summed E-state index contributed by atoms with van der Waals surface area (Å²) in [5.41, 5.74) is 4.59. The van der Waals surface area contributed by atoms with Crippen molar-refractivity contribution in [3.63, 3.8) is 0 Å². The van der Waals surface area contributed by atoms with Crippen molar-refractivity contribution in [3.05, 3.63) is 144 Å². The second-order valence-electron chi connectivity index (χ2n) is 11.8. The Bertz CT molecular complexity index is 1720. The first-order valence-electron chi connectivity index (χ1n) is 14.0. The predicted molar refractivity (Wildman–Crippen MR) is 172 cm³/mol. The molecular weight excluding hydrogens is 612 g/mol. The fraction of sp³-hybridized carbons (Fsp3) is 0.158. The Morgan fingerprint density at radius 3 is 0.977 bits per heavy atom. The Balaban J connectivity index is 0.000000192. The molecule has 0 amide bonds. The smallest absolute Gasteiger partial charge is 0.158 e. The maximum atomic E-state index is 9.68. The minimum Gasteiger partial charge on any atom is -0.504 e. The van der Waals surface area contributed by atoms with Gasteiger partial charge in [-0.2, -0.15) is 0 Å². The van der Waals surface area contributed by atoms with E-state index < -0.39 is 0 Å². The molecule has 0 spiro atoms. The number of phenolic OH excluding ortho intramolecular Hbond substituents is 4. The maximum Gasteiger partial charge on any atom is 0.158 e. The van der Waals surface area contributed by atoms with Gasteiger partial charge in [0.25, 0.3) is 0 Å². The molecule has 0 saturated carbocycles. The van der Waals surface area contributed by atoms with E-state index in [9.17, 15) is 20.4 Å². The van der Waals surface area contributed by atoms with Crippen LogP contribution < -0.4 is 0 Å². The van der Waals surface area contributed by atoms with Crippen molar-refractivity contribution >= 4 is 21.5 Å². The molecule has 6 rings (SSSR count). The van der Waals surface area contributed by atoms with E-state index in [1.807, 2.05) is 48.5 Å². The van der Waals surface area contributed by atoms with Crippen molar-refractivity contribution in [3.8, 4) is 23.0 Å². The average Bonchev–Trinajstić information content (AvgIpc) is 2.99. The van der Waals surface area contributed by atoms with Crippen LogP contribution in [0.15, 0.2) is 121 Å². The molecule has 216 valence electrons. The Morgan fingerprint density at radius 2 is 0.651 bits per heavy atom. The molecule has 43 heavy (non-hydrogen) atoms. The van der Waals surface area contributed by atoms with Crippen molar-refractivity contribution in [1.29, 1.82) is 0 Å². The van der Waals surface area contributed by atoms with Gasteiger partial charge in [-0.3, -0.25) is 0 Å². The molecule has 0 aromatic heterocycles. The summed E-state index contributed by atoms with van der Waals surface area (Å²) in [6.45, 7) is 8.74. The van der Waals surface area contributed by atoms with Crippen LogP contribution in [0, 0.1) is 0 Å². The Kier molecular flexibility index (Phi) is 9.37. The fourth-order valence-corrected chi connectivity index (χ4v) is 5.37. The van der Waals surface area contributed by atoms with Crippen LogP contribution in [0.25, 0.3) is 21.5 Å². The number of fused-ring (bicyclic) bond motifs is 2. The Morgan fingerprint density at radius 1 is 0.349 bits per heavy atom.